The van der Waals surface area contributed by atoms with Gasteiger partial charge in [0.2, 0.25) is 0 Å². The van der Waals surface area contributed by atoms with Gasteiger partial charge in [-0.1, -0.05) is 24.3 Å². The number of para-hydroxylation sites is 1. The number of benzene rings is 2. The van der Waals surface area contributed by atoms with Crippen LogP contribution in [-0.4, -0.2) is 10.8 Å². The highest BCUT2D eigenvalue weighted by Crippen LogP contribution is 2.23. The Morgan fingerprint density at radius 1 is 1.10 bits per heavy atom. The van der Waals surface area contributed by atoms with Gasteiger partial charge in [-0.25, -0.2) is 4.39 Å². The molecular formula is C24H24FNO3. The summed E-state index contributed by atoms with van der Waals surface area (Å²) in [4.78, 5) is 27.3. The summed E-state index contributed by atoms with van der Waals surface area (Å²) in [5.74, 6) is -0.213. The van der Waals surface area contributed by atoms with Crippen molar-refractivity contribution in [3.05, 3.63) is 98.7 Å². The summed E-state index contributed by atoms with van der Waals surface area (Å²) >= 11 is 0. The summed E-state index contributed by atoms with van der Waals surface area (Å²) in [5, 5.41) is 0. The Hall–Kier alpha value is -3.21. The molecule has 0 spiro atoms. The number of aryl methyl sites for hydroxylation is 2. The van der Waals surface area contributed by atoms with Crippen LogP contribution in [0.5, 0.6) is 5.75 Å². The molecule has 5 heteroatoms. The lowest BCUT2D eigenvalue weighted by atomic mass is 9.98. The van der Waals surface area contributed by atoms with E-state index in [1.807, 2.05) is 57.2 Å². The van der Waals surface area contributed by atoms with Crippen LogP contribution in [0.15, 0.2) is 59.4 Å². The van der Waals surface area contributed by atoms with E-state index >= 15 is 0 Å². The molecule has 1 aromatic heterocycles. The van der Waals surface area contributed by atoms with Crippen molar-refractivity contribution in [3.8, 4) is 5.75 Å². The molecule has 0 unspecified atom stereocenters. The van der Waals surface area contributed by atoms with Gasteiger partial charge in [-0.15, -0.1) is 0 Å². The average Bonchev–Trinajstić information content (AvgIpc) is 2.67. The smallest absolute Gasteiger partial charge is 0.251 e. The third-order valence-corrected chi connectivity index (χ3v) is 4.91. The van der Waals surface area contributed by atoms with Crippen molar-refractivity contribution in [2.24, 2.45) is 0 Å². The number of halogens is 1. The predicted octanol–water partition coefficient (Wildman–Crippen LogP) is 5.09. The molecular weight excluding hydrogens is 369 g/mol. The second-order valence-electron chi connectivity index (χ2n) is 7.18. The van der Waals surface area contributed by atoms with Crippen molar-refractivity contribution in [2.75, 3.05) is 0 Å². The number of carbonyl (C=O) groups excluding carboxylic acids is 1. The number of ether oxygens (including phenoxy) is 1. The molecule has 0 saturated heterocycles. The Labute approximate surface area is 169 Å². The van der Waals surface area contributed by atoms with Crippen molar-refractivity contribution < 1.29 is 13.9 Å². The lowest BCUT2D eigenvalue weighted by Crippen LogP contribution is -2.17. The van der Waals surface area contributed by atoms with E-state index in [1.165, 1.54) is 12.1 Å². The van der Waals surface area contributed by atoms with Gasteiger partial charge >= 0.3 is 0 Å². The van der Waals surface area contributed by atoms with E-state index in [0.29, 0.717) is 16.9 Å². The molecule has 1 atom stereocenters. The first kappa shape index (κ1) is 20.5. The fourth-order valence-corrected chi connectivity index (χ4v) is 3.35. The van der Waals surface area contributed by atoms with Crippen LogP contribution in [0, 0.1) is 19.7 Å². The molecule has 0 amide bonds. The molecule has 150 valence electrons. The summed E-state index contributed by atoms with van der Waals surface area (Å²) in [6, 6.07) is 15.7. The van der Waals surface area contributed by atoms with Gasteiger partial charge in [0.15, 0.2) is 5.78 Å². The highest BCUT2D eigenvalue weighted by Gasteiger charge is 2.16. The van der Waals surface area contributed by atoms with E-state index in [0.717, 1.165) is 11.3 Å². The topological polar surface area (TPSA) is 59.2 Å². The minimum absolute atomic E-state index is 0.0295. The van der Waals surface area contributed by atoms with Crippen LogP contribution in [0.4, 0.5) is 4.39 Å². The number of H-pyrrole nitrogens is 1. The summed E-state index contributed by atoms with van der Waals surface area (Å²) < 4.78 is 20.4. The van der Waals surface area contributed by atoms with Crippen molar-refractivity contribution in [3.63, 3.8) is 0 Å². The maximum atomic E-state index is 14.6. The Bertz CT molecular complexity index is 1070. The van der Waals surface area contributed by atoms with Crippen LogP contribution in [0.25, 0.3) is 0 Å². The fraction of sp³-hybridized carbons (Fsp3) is 0.250. The maximum absolute atomic E-state index is 14.6. The van der Waals surface area contributed by atoms with E-state index < -0.39 is 5.82 Å². The van der Waals surface area contributed by atoms with E-state index in [2.05, 4.69) is 4.98 Å². The molecule has 2 aromatic carbocycles. The van der Waals surface area contributed by atoms with Crippen molar-refractivity contribution in [2.45, 2.75) is 39.7 Å². The Balaban J connectivity index is 1.70. The molecule has 4 nitrogen and oxygen atoms in total. The van der Waals surface area contributed by atoms with Crippen molar-refractivity contribution in [1.29, 1.82) is 0 Å². The number of Topliss-reactive ketones (excluding diaryl/α,β-unsaturated/α-hetero) is 1. The molecule has 0 fully saturated rings. The minimum Gasteiger partial charge on any atom is -0.486 e. The lowest BCUT2D eigenvalue weighted by Gasteiger charge is -2.16. The Morgan fingerprint density at radius 3 is 2.48 bits per heavy atom. The van der Waals surface area contributed by atoms with Crippen molar-refractivity contribution >= 4 is 5.78 Å². The van der Waals surface area contributed by atoms with Crippen LogP contribution in [0.3, 0.4) is 0 Å². The largest absolute Gasteiger partial charge is 0.486 e. The molecule has 0 radical (unpaired) electrons. The second-order valence-corrected chi connectivity index (χ2v) is 7.18. The van der Waals surface area contributed by atoms with Gasteiger partial charge in [0.05, 0.1) is 5.56 Å². The standard InChI is InChI=1S/C24H24FNO3/c1-15-13-16(2)26-24(28)20(15)11-12-23(27)21-10-9-18(14-22(21)25)17(3)29-19-7-5-4-6-8-19/h4-10,13-14,17H,11-12H2,1-3H3,(H,26,28)/t17-/m1/s1. The van der Waals surface area contributed by atoms with Gasteiger partial charge in [-0.3, -0.25) is 9.59 Å². The van der Waals surface area contributed by atoms with Crippen LogP contribution in [-0.2, 0) is 6.42 Å². The van der Waals surface area contributed by atoms with Crippen LogP contribution < -0.4 is 10.3 Å². The number of aromatic nitrogens is 1. The molecule has 0 aliphatic heterocycles. The summed E-state index contributed by atoms with van der Waals surface area (Å²) in [6.07, 6.45) is -0.0151. The number of carbonyl (C=O) groups is 1. The van der Waals surface area contributed by atoms with E-state index in [4.69, 9.17) is 4.74 Å². The number of hydrogen-bond acceptors (Lipinski definition) is 3. The van der Waals surface area contributed by atoms with Gasteiger partial charge in [0.25, 0.3) is 5.56 Å². The van der Waals surface area contributed by atoms with Crippen LogP contribution >= 0.6 is 0 Å². The first-order valence-corrected chi connectivity index (χ1v) is 9.59. The Morgan fingerprint density at radius 2 is 1.83 bits per heavy atom. The van der Waals surface area contributed by atoms with E-state index in [-0.39, 0.29) is 35.9 Å². The van der Waals surface area contributed by atoms with Crippen LogP contribution in [0.1, 0.15) is 52.2 Å². The highest BCUT2D eigenvalue weighted by molar-refractivity contribution is 5.96. The third-order valence-electron chi connectivity index (χ3n) is 4.91. The average molecular weight is 393 g/mol. The molecule has 0 bridgehead atoms. The highest BCUT2D eigenvalue weighted by atomic mass is 19.1. The number of aromatic amines is 1. The first-order valence-electron chi connectivity index (χ1n) is 9.59. The van der Waals surface area contributed by atoms with Crippen LogP contribution in [0.2, 0.25) is 0 Å². The van der Waals surface area contributed by atoms with Gasteiger partial charge in [0.1, 0.15) is 17.7 Å². The molecule has 29 heavy (non-hydrogen) atoms. The number of nitrogens with one attached hydrogen (secondary N) is 1. The molecule has 3 rings (SSSR count). The zero-order chi connectivity index (χ0) is 21.0. The van der Waals surface area contributed by atoms with Gasteiger partial charge in [0, 0.05) is 17.7 Å². The maximum Gasteiger partial charge on any atom is 0.251 e. The number of hydrogen-bond donors (Lipinski definition) is 1. The molecule has 0 aliphatic rings. The summed E-state index contributed by atoms with van der Waals surface area (Å²) in [7, 11) is 0. The molecule has 1 heterocycles. The molecule has 0 aliphatic carbocycles. The third kappa shape index (κ3) is 4.99. The van der Waals surface area contributed by atoms with Gasteiger partial charge in [-0.05, 0) is 68.7 Å². The Kier molecular flexibility index (Phi) is 6.27. The SMILES string of the molecule is Cc1cc(C)c(CCC(=O)c2ccc([C@@H](C)Oc3ccccc3)cc2F)c(=O)[nH]1. The van der Waals surface area contributed by atoms with E-state index in [9.17, 15) is 14.0 Å². The molecule has 3 aromatic rings. The summed E-state index contributed by atoms with van der Waals surface area (Å²) in [5.41, 5.74) is 2.65. The zero-order valence-electron chi connectivity index (χ0n) is 16.8. The fourth-order valence-electron chi connectivity index (χ4n) is 3.35. The first-order chi connectivity index (χ1) is 13.8. The molecule has 0 saturated carbocycles. The number of pyridine rings is 1. The van der Waals surface area contributed by atoms with Gasteiger partial charge < -0.3 is 9.72 Å². The zero-order valence-corrected chi connectivity index (χ0v) is 16.8. The van der Waals surface area contributed by atoms with Gasteiger partial charge in [-0.2, -0.15) is 0 Å². The minimum atomic E-state index is -0.578. The quantitative estimate of drug-likeness (QED) is 0.569. The van der Waals surface area contributed by atoms with E-state index in [1.54, 1.807) is 6.07 Å². The lowest BCUT2D eigenvalue weighted by molar-refractivity contribution is 0.0978. The predicted molar refractivity (Wildman–Crippen MR) is 111 cm³/mol. The number of rotatable bonds is 7. The number of ketones is 1. The monoisotopic (exact) mass is 393 g/mol. The second kappa shape index (κ2) is 8.86. The van der Waals surface area contributed by atoms with Crippen molar-refractivity contribution in [1.82, 2.24) is 4.98 Å². The normalized spacial score (nSPS) is 11.9. The molecule has 1 N–H and O–H groups in total. The summed E-state index contributed by atoms with van der Waals surface area (Å²) in [6.45, 7) is 5.48.